The van der Waals surface area contributed by atoms with Crippen LogP contribution in [0.5, 0.6) is 11.5 Å². The van der Waals surface area contributed by atoms with Crippen LogP contribution in [0.15, 0.2) is 42.5 Å². The molecular weight excluding hydrogens is 341 g/mol. The second-order valence-corrected chi connectivity index (χ2v) is 5.14. The Morgan fingerprint density at radius 2 is 1.60 bits per heavy atom. The molecule has 1 heterocycles. The van der Waals surface area contributed by atoms with Crippen LogP contribution in [0.25, 0.3) is 0 Å². The Hall–Kier alpha value is -3.03. The zero-order chi connectivity index (χ0) is 18.0. The average Bonchev–Trinajstić information content (AvgIpc) is 3.06. The van der Waals surface area contributed by atoms with Crippen LogP contribution in [0.2, 0.25) is 0 Å². The maximum atomic E-state index is 12.5. The minimum Gasteiger partial charge on any atom is -0.454 e. The standard InChI is InChI=1S/C17H11F3O5/c18-17(19,20)12-4-1-10(2-5-12)16(22)23-8-13(21)11-3-6-14-15(7-11)25-9-24-14/h1-7H,8-9H2. The van der Waals surface area contributed by atoms with Crippen LogP contribution >= 0.6 is 0 Å². The molecule has 0 N–H and O–H groups in total. The van der Waals surface area contributed by atoms with Crippen molar-refractivity contribution in [2.24, 2.45) is 0 Å². The summed E-state index contributed by atoms with van der Waals surface area (Å²) >= 11 is 0. The first-order chi connectivity index (χ1) is 11.8. The van der Waals surface area contributed by atoms with Crippen LogP contribution in [-0.4, -0.2) is 25.2 Å². The third kappa shape index (κ3) is 3.73. The van der Waals surface area contributed by atoms with Crippen molar-refractivity contribution >= 4 is 11.8 Å². The second-order valence-electron chi connectivity index (χ2n) is 5.14. The lowest BCUT2D eigenvalue weighted by atomic mass is 10.1. The Morgan fingerprint density at radius 3 is 2.28 bits per heavy atom. The SMILES string of the molecule is O=C(COC(=O)c1ccc(C(F)(F)F)cc1)c1ccc2c(c1)OCO2. The summed E-state index contributed by atoms with van der Waals surface area (Å²) < 4.78 is 52.6. The summed E-state index contributed by atoms with van der Waals surface area (Å²) in [6.45, 7) is -0.477. The molecular formula is C17H11F3O5. The third-order valence-corrected chi connectivity index (χ3v) is 3.48. The van der Waals surface area contributed by atoms with Gasteiger partial charge in [-0.05, 0) is 42.5 Å². The molecule has 0 aromatic heterocycles. The first-order valence-electron chi connectivity index (χ1n) is 7.12. The van der Waals surface area contributed by atoms with E-state index in [9.17, 15) is 22.8 Å². The van der Waals surface area contributed by atoms with Crippen LogP contribution in [0.3, 0.4) is 0 Å². The topological polar surface area (TPSA) is 61.8 Å². The molecule has 5 nitrogen and oxygen atoms in total. The monoisotopic (exact) mass is 352 g/mol. The molecule has 0 aliphatic carbocycles. The summed E-state index contributed by atoms with van der Waals surface area (Å²) in [6, 6.07) is 8.07. The fourth-order valence-corrected chi connectivity index (χ4v) is 2.16. The van der Waals surface area contributed by atoms with Gasteiger partial charge in [0.2, 0.25) is 6.79 Å². The Kier molecular flexibility index (Phi) is 4.35. The van der Waals surface area contributed by atoms with Crippen LogP contribution in [0.1, 0.15) is 26.3 Å². The van der Waals surface area contributed by atoms with Gasteiger partial charge in [0, 0.05) is 5.56 Å². The van der Waals surface area contributed by atoms with E-state index in [1.165, 1.54) is 12.1 Å². The molecule has 0 amide bonds. The van der Waals surface area contributed by atoms with Gasteiger partial charge in [0.15, 0.2) is 23.9 Å². The van der Waals surface area contributed by atoms with E-state index < -0.39 is 30.1 Å². The number of esters is 1. The molecule has 0 atom stereocenters. The molecule has 0 saturated heterocycles. The average molecular weight is 352 g/mol. The van der Waals surface area contributed by atoms with Crippen molar-refractivity contribution in [3.05, 3.63) is 59.2 Å². The van der Waals surface area contributed by atoms with Crippen molar-refractivity contribution < 1.29 is 37.0 Å². The summed E-state index contributed by atoms with van der Waals surface area (Å²) in [7, 11) is 0. The highest BCUT2D eigenvalue weighted by Gasteiger charge is 2.30. The minimum atomic E-state index is -4.49. The van der Waals surface area contributed by atoms with Gasteiger partial charge in [-0.2, -0.15) is 13.2 Å². The molecule has 2 aromatic rings. The summed E-state index contributed by atoms with van der Waals surface area (Å²) in [5.41, 5.74) is -0.684. The highest BCUT2D eigenvalue weighted by Crippen LogP contribution is 2.32. The van der Waals surface area contributed by atoms with Gasteiger partial charge in [-0.3, -0.25) is 4.79 Å². The molecule has 8 heteroatoms. The van der Waals surface area contributed by atoms with Crippen molar-refractivity contribution in [1.82, 2.24) is 0 Å². The van der Waals surface area contributed by atoms with E-state index in [4.69, 9.17) is 14.2 Å². The van der Waals surface area contributed by atoms with E-state index in [1.54, 1.807) is 6.07 Å². The molecule has 0 radical (unpaired) electrons. The second kappa shape index (κ2) is 6.46. The highest BCUT2D eigenvalue weighted by atomic mass is 19.4. The van der Waals surface area contributed by atoms with Gasteiger partial charge in [0.25, 0.3) is 0 Å². The predicted octanol–water partition coefficient (Wildman–Crippen LogP) is 3.47. The Labute approximate surface area is 139 Å². The third-order valence-electron chi connectivity index (χ3n) is 3.48. The maximum absolute atomic E-state index is 12.5. The smallest absolute Gasteiger partial charge is 0.416 e. The van der Waals surface area contributed by atoms with E-state index in [1.807, 2.05) is 0 Å². The van der Waals surface area contributed by atoms with E-state index >= 15 is 0 Å². The van der Waals surface area contributed by atoms with Crippen LogP contribution < -0.4 is 9.47 Å². The molecule has 0 fully saturated rings. The number of hydrogen-bond acceptors (Lipinski definition) is 5. The quantitative estimate of drug-likeness (QED) is 0.623. The van der Waals surface area contributed by atoms with Gasteiger partial charge in [-0.15, -0.1) is 0 Å². The number of ether oxygens (including phenoxy) is 3. The lowest BCUT2D eigenvalue weighted by Gasteiger charge is -2.08. The zero-order valence-corrected chi connectivity index (χ0v) is 12.6. The Balaban J connectivity index is 1.61. The van der Waals surface area contributed by atoms with E-state index in [-0.39, 0.29) is 17.9 Å². The summed E-state index contributed by atoms with van der Waals surface area (Å²) in [5, 5.41) is 0. The van der Waals surface area contributed by atoms with Gasteiger partial charge in [-0.25, -0.2) is 4.79 Å². The van der Waals surface area contributed by atoms with Gasteiger partial charge in [-0.1, -0.05) is 0 Å². The Morgan fingerprint density at radius 1 is 0.960 bits per heavy atom. The molecule has 2 aromatic carbocycles. The molecule has 25 heavy (non-hydrogen) atoms. The van der Waals surface area contributed by atoms with Crippen LogP contribution in [-0.2, 0) is 10.9 Å². The Bertz CT molecular complexity index is 812. The molecule has 1 aliphatic heterocycles. The van der Waals surface area contributed by atoms with Crippen molar-refractivity contribution in [1.29, 1.82) is 0 Å². The number of rotatable bonds is 4. The largest absolute Gasteiger partial charge is 0.454 e. The molecule has 0 spiro atoms. The first kappa shape index (κ1) is 16.8. The number of benzene rings is 2. The molecule has 3 rings (SSSR count). The molecule has 0 bridgehead atoms. The minimum absolute atomic E-state index is 0.0654. The van der Waals surface area contributed by atoms with Crippen molar-refractivity contribution in [2.75, 3.05) is 13.4 Å². The number of hydrogen-bond donors (Lipinski definition) is 0. The van der Waals surface area contributed by atoms with Crippen molar-refractivity contribution in [3.63, 3.8) is 0 Å². The molecule has 0 unspecified atom stereocenters. The predicted molar refractivity (Wildman–Crippen MR) is 78.6 cm³/mol. The van der Waals surface area contributed by atoms with Gasteiger partial charge in [0.1, 0.15) is 0 Å². The highest BCUT2D eigenvalue weighted by molar-refractivity contribution is 5.99. The lowest BCUT2D eigenvalue weighted by Crippen LogP contribution is -2.14. The van der Waals surface area contributed by atoms with Gasteiger partial charge >= 0.3 is 12.1 Å². The van der Waals surface area contributed by atoms with Crippen LogP contribution in [0, 0.1) is 0 Å². The lowest BCUT2D eigenvalue weighted by molar-refractivity contribution is -0.137. The molecule has 0 saturated carbocycles. The molecule has 130 valence electrons. The number of carbonyl (C=O) groups is 2. The maximum Gasteiger partial charge on any atom is 0.416 e. The van der Waals surface area contributed by atoms with Gasteiger partial charge in [0.05, 0.1) is 11.1 Å². The van der Waals surface area contributed by atoms with Crippen molar-refractivity contribution in [3.8, 4) is 11.5 Å². The van der Waals surface area contributed by atoms with Crippen molar-refractivity contribution in [2.45, 2.75) is 6.18 Å². The van der Waals surface area contributed by atoms with E-state index in [0.29, 0.717) is 11.5 Å². The van der Waals surface area contributed by atoms with Crippen LogP contribution in [0.4, 0.5) is 13.2 Å². The number of fused-ring (bicyclic) bond motifs is 1. The fourth-order valence-electron chi connectivity index (χ4n) is 2.16. The zero-order valence-electron chi connectivity index (χ0n) is 12.6. The number of carbonyl (C=O) groups excluding carboxylic acids is 2. The fraction of sp³-hybridized carbons (Fsp3) is 0.176. The van der Waals surface area contributed by atoms with E-state index in [0.717, 1.165) is 24.3 Å². The molecule has 1 aliphatic rings. The van der Waals surface area contributed by atoms with Gasteiger partial charge < -0.3 is 14.2 Å². The number of alkyl halides is 3. The number of Topliss-reactive ketones (excluding diaryl/α,β-unsaturated/α-hetero) is 1. The van der Waals surface area contributed by atoms with E-state index in [2.05, 4.69) is 0 Å². The summed E-state index contributed by atoms with van der Waals surface area (Å²) in [4.78, 5) is 23.9. The number of halogens is 3. The normalized spacial score (nSPS) is 12.8. The summed E-state index contributed by atoms with van der Waals surface area (Å²) in [6.07, 6.45) is -4.49. The number of ketones is 1. The summed E-state index contributed by atoms with van der Waals surface area (Å²) in [5.74, 6) is -0.431. The first-order valence-corrected chi connectivity index (χ1v) is 7.12.